The Kier molecular flexibility index (Phi) is 9.19. The van der Waals surface area contributed by atoms with Crippen molar-refractivity contribution in [2.45, 2.75) is 32.9 Å². The average Bonchev–Trinajstić information content (AvgIpc) is 3.09. The maximum Gasteiger partial charge on any atom is 0.335 e. The quantitative estimate of drug-likeness (QED) is 0.421. The van der Waals surface area contributed by atoms with Crippen LogP contribution in [0.15, 0.2) is 64.9 Å². The third-order valence-corrected chi connectivity index (χ3v) is 6.54. The smallest absolute Gasteiger partial charge is 0.335 e. The van der Waals surface area contributed by atoms with E-state index in [9.17, 15) is 9.90 Å². The van der Waals surface area contributed by atoms with E-state index < -0.39 is 12.0 Å². The predicted octanol–water partition coefficient (Wildman–Crippen LogP) is 7.44. The Morgan fingerprint density at radius 1 is 1.12 bits per heavy atom. The van der Waals surface area contributed by atoms with E-state index in [0.29, 0.717) is 32.2 Å². The molecule has 10 heteroatoms. The number of allylic oxidation sites excluding steroid dienone is 1. The minimum Gasteiger partial charge on any atom is -0.491 e. The molecule has 0 saturated heterocycles. The molecule has 1 N–H and O–H groups in total. The summed E-state index contributed by atoms with van der Waals surface area (Å²) in [6.45, 7) is 5.59. The molecule has 5 nitrogen and oxygen atoms in total. The Balaban J connectivity index is 0.00000193. The minimum atomic E-state index is -1.02. The lowest BCUT2D eigenvalue weighted by Gasteiger charge is -2.33. The number of carboxylic acids is 1. The number of hydrogen-bond donors (Lipinski definition) is 1. The normalized spacial score (nSPS) is 17.0. The van der Waals surface area contributed by atoms with Crippen molar-refractivity contribution in [3.63, 3.8) is 0 Å². The Bertz CT molecular complexity index is 1140. The molecule has 0 aliphatic carbocycles. The second-order valence-electron chi connectivity index (χ2n) is 7.40. The van der Waals surface area contributed by atoms with E-state index in [2.05, 4.69) is 4.99 Å². The van der Waals surface area contributed by atoms with Crippen LogP contribution >= 0.6 is 59.8 Å². The average molecular weight is 548 g/mol. The Morgan fingerprint density at radius 2 is 1.76 bits per heavy atom. The molecular formula is C23H22Cl4N2O3S. The van der Waals surface area contributed by atoms with E-state index in [1.165, 1.54) is 11.8 Å². The van der Waals surface area contributed by atoms with Crippen LogP contribution in [0.4, 0.5) is 0 Å². The summed E-state index contributed by atoms with van der Waals surface area (Å²) in [6.07, 6.45) is 1.81. The van der Waals surface area contributed by atoms with Gasteiger partial charge < -0.3 is 14.7 Å². The van der Waals surface area contributed by atoms with Crippen molar-refractivity contribution in [3.05, 3.63) is 81.1 Å². The molecule has 0 bridgehead atoms. The second kappa shape index (κ2) is 11.1. The molecule has 0 fully saturated rings. The van der Waals surface area contributed by atoms with E-state index in [0.717, 1.165) is 10.5 Å². The largest absolute Gasteiger partial charge is 0.491 e. The number of aliphatic carboxylic acids is 1. The molecule has 2 aromatic rings. The van der Waals surface area contributed by atoms with Crippen molar-refractivity contribution in [2.24, 2.45) is 4.99 Å². The first-order valence-electron chi connectivity index (χ1n) is 9.68. The van der Waals surface area contributed by atoms with Gasteiger partial charge in [-0.05, 0) is 50.7 Å². The van der Waals surface area contributed by atoms with Crippen molar-refractivity contribution in [1.29, 1.82) is 0 Å². The highest BCUT2D eigenvalue weighted by atomic mass is 35.5. The van der Waals surface area contributed by atoms with Gasteiger partial charge >= 0.3 is 5.97 Å². The number of para-hydroxylation sites is 1. The van der Waals surface area contributed by atoms with E-state index in [-0.39, 0.29) is 36.5 Å². The molecule has 176 valence electrons. The molecule has 0 saturated carbocycles. The summed E-state index contributed by atoms with van der Waals surface area (Å²) < 4.78 is 6.01. The first-order chi connectivity index (χ1) is 14.8. The van der Waals surface area contributed by atoms with Crippen LogP contribution in [0.1, 0.15) is 37.9 Å². The number of fused-ring (bicyclic) bond motifs is 1. The van der Waals surface area contributed by atoms with Crippen LogP contribution in [0.5, 0.6) is 5.75 Å². The van der Waals surface area contributed by atoms with Gasteiger partial charge in [0, 0.05) is 22.2 Å². The number of amidine groups is 1. The third-order valence-electron chi connectivity index (χ3n) is 4.90. The van der Waals surface area contributed by atoms with Crippen LogP contribution in [-0.2, 0) is 4.79 Å². The molecule has 2 heterocycles. The van der Waals surface area contributed by atoms with Crippen molar-refractivity contribution in [3.8, 4) is 5.75 Å². The second-order valence-corrected chi connectivity index (χ2v) is 9.23. The molecule has 2 aliphatic heterocycles. The summed E-state index contributed by atoms with van der Waals surface area (Å²) in [7, 11) is 0. The van der Waals surface area contributed by atoms with Gasteiger partial charge in [-0.3, -0.25) is 0 Å². The van der Waals surface area contributed by atoms with Gasteiger partial charge in [-0.15, -0.1) is 24.8 Å². The molecular weight excluding hydrogens is 526 g/mol. The highest BCUT2D eigenvalue weighted by molar-refractivity contribution is 8.22. The van der Waals surface area contributed by atoms with Crippen LogP contribution in [0.2, 0.25) is 10.0 Å². The summed E-state index contributed by atoms with van der Waals surface area (Å²) in [4.78, 5) is 19.5. The van der Waals surface area contributed by atoms with Crippen LogP contribution in [0.3, 0.4) is 0 Å². The molecule has 4 rings (SSSR count). The summed E-state index contributed by atoms with van der Waals surface area (Å²) >= 11 is 14.3. The Labute approximate surface area is 219 Å². The summed E-state index contributed by atoms with van der Waals surface area (Å²) in [5.41, 5.74) is 2.11. The molecule has 0 aromatic heterocycles. The third kappa shape index (κ3) is 5.31. The Morgan fingerprint density at radius 3 is 2.36 bits per heavy atom. The van der Waals surface area contributed by atoms with Gasteiger partial charge in [0.05, 0.1) is 33.5 Å². The number of aliphatic imine (C=N–C) groups is 1. The van der Waals surface area contributed by atoms with Gasteiger partial charge in [-0.1, -0.05) is 47.5 Å². The lowest BCUT2D eigenvalue weighted by atomic mass is 9.94. The van der Waals surface area contributed by atoms with Crippen LogP contribution in [0, 0.1) is 0 Å². The van der Waals surface area contributed by atoms with Crippen LogP contribution in [0.25, 0.3) is 4.91 Å². The zero-order chi connectivity index (χ0) is 22.3. The fraction of sp³-hybridized carbons (Fsp3) is 0.217. The van der Waals surface area contributed by atoms with Gasteiger partial charge in [0.1, 0.15) is 5.75 Å². The molecule has 0 radical (unpaired) electrons. The van der Waals surface area contributed by atoms with Gasteiger partial charge in [-0.2, -0.15) is 0 Å². The number of nitrogens with zero attached hydrogens (tertiary/aromatic N) is 2. The molecule has 33 heavy (non-hydrogen) atoms. The zero-order valence-corrected chi connectivity index (χ0v) is 21.9. The van der Waals surface area contributed by atoms with Gasteiger partial charge in [-0.25, -0.2) is 9.79 Å². The van der Waals surface area contributed by atoms with Crippen molar-refractivity contribution in [2.75, 3.05) is 0 Å². The number of ether oxygens (including phenoxy) is 1. The van der Waals surface area contributed by atoms with Crippen molar-refractivity contribution >= 4 is 75.8 Å². The topological polar surface area (TPSA) is 62.1 Å². The fourth-order valence-electron chi connectivity index (χ4n) is 3.66. The van der Waals surface area contributed by atoms with E-state index >= 15 is 0 Å². The fourth-order valence-corrected chi connectivity index (χ4v) is 5.50. The summed E-state index contributed by atoms with van der Waals surface area (Å²) in [5.74, 6) is -0.384. The molecule has 2 aliphatic rings. The lowest BCUT2D eigenvalue weighted by Crippen LogP contribution is -2.33. The van der Waals surface area contributed by atoms with Gasteiger partial charge in [0.25, 0.3) is 0 Å². The Hall–Kier alpha value is -1.83. The monoisotopic (exact) mass is 546 g/mol. The molecule has 2 aromatic carbocycles. The predicted molar refractivity (Wildman–Crippen MR) is 141 cm³/mol. The maximum absolute atomic E-state index is 12.3. The van der Waals surface area contributed by atoms with Crippen LogP contribution < -0.4 is 4.74 Å². The summed E-state index contributed by atoms with van der Waals surface area (Å²) in [6, 6.07) is 12.2. The summed E-state index contributed by atoms with van der Waals surface area (Å²) in [5, 5.41) is 11.8. The first kappa shape index (κ1) is 27.4. The number of thioether (sulfide) groups is 1. The molecule has 1 unspecified atom stereocenters. The zero-order valence-electron chi connectivity index (χ0n) is 17.9. The minimum absolute atomic E-state index is 0. The molecule has 0 spiro atoms. The lowest BCUT2D eigenvalue weighted by molar-refractivity contribution is -0.133. The highest BCUT2D eigenvalue weighted by Crippen LogP contribution is 2.50. The highest BCUT2D eigenvalue weighted by Gasteiger charge is 2.40. The van der Waals surface area contributed by atoms with Gasteiger partial charge in [0.2, 0.25) is 0 Å². The first-order valence-corrected chi connectivity index (χ1v) is 11.3. The maximum atomic E-state index is 12.3. The molecule has 0 amide bonds. The van der Waals surface area contributed by atoms with Crippen molar-refractivity contribution < 1.29 is 14.6 Å². The van der Waals surface area contributed by atoms with E-state index in [4.69, 9.17) is 27.9 Å². The standard InChI is InChI=1S/C23H20Cl2N2O3S.2ClH/c1-12(2)30-17-10-5-4-7-14(17)21-19(22(28)29)13(3)26-23-27(21)11-18(31-23)20-15(24)8-6-9-16(20)25;;/h4-12,21H,1-3H3,(H,28,29);2*1H. The number of carbonyl (C=O) groups is 1. The van der Waals surface area contributed by atoms with Crippen molar-refractivity contribution in [1.82, 2.24) is 4.90 Å². The van der Waals surface area contributed by atoms with Crippen LogP contribution in [-0.4, -0.2) is 27.2 Å². The SMILES string of the molecule is CC1=C(C(=O)O)C(c2ccccc2OC(C)C)N2C=C(c3c(Cl)cccc3Cl)SC2=N1.Cl.Cl. The number of halogens is 4. The van der Waals surface area contributed by atoms with E-state index in [1.807, 2.05) is 49.2 Å². The van der Waals surface area contributed by atoms with Gasteiger partial charge in [0.15, 0.2) is 5.17 Å². The van der Waals surface area contributed by atoms with E-state index in [1.54, 1.807) is 25.1 Å². The molecule has 1 atom stereocenters. The number of benzene rings is 2. The number of rotatable bonds is 5. The number of hydrogen-bond acceptors (Lipinski definition) is 5. The number of carboxylic acid groups (broad SMARTS) is 1.